The van der Waals surface area contributed by atoms with Gasteiger partial charge in [-0.15, -0.1) is 0 Å². The van der Waals surface area contributed by atoms with Crippen LogP contribution in [0, 0.1) is 15.5 Å². The fraction of sp³-hybridized carbons (Fsp3) is 0.375. The summed E-state index contributed by atoms with van der Waals surface area (Å²) in [4.78, 5) is 22.3. The van der Waals surface area contributed by atoms with Gasteiger partial charge >= 0.3 is 0 Å². The normalized spacial score (nSPS) is 18.0. The smallest absolute Gasteiger partial charge is 0.269 e. The molecule has 1 aliphatic carbocycles. The van der Waals surface area contributed by atoms with Crippen LogP contribution in [-0.2, 0) is 4.79 Å². The Morgan fingerprint density at radius 1 is 1.30 bits per heavy atom. The Morgan fingerprint density at radius 2 is 1.91 bits per heavy atom. The highest BCUT2D eigenvalue weighted by atomic mass is 16.6. The Morgan fingerprint density at radius 3 is 2.43 bits per heavy atom. The minimum Gasteiger partial charge on any atom is -0.511 e. The van der Waals surface area contributed by atoms with Crippen LogP contribution in [0.15, 0.2) is 40.7 Å². The van der Waals surface area contributed by atoms with Crippen LogP contribution in [0.1, 0.15) is 33.6 Å². The molecule has 0 atom stereocenters. The van der Waals surface area contributed by atoms with Crippen LogP contribution in [0.5, 0.6) is 0 Å². The molecule has 23 heavy (non-hydrogen) atoms. The van der Waals surface area contributed by atoms with Gasteiger partial charge in [0, 0.05) is 25.0 Å². The van der Waals surface area contributed by atoms with Crippen molar-refractivity contribution in [3.8, 4) is 0 Å². The van der Waals surface area contributed by atoms with Crippen LogP contribution >= 0.6 is 0 Å². The van der Waals surface area contributed by atoms with Gasteiger partial charge in [0.25, 0.3) is 5.69 Å². The van der Waals surface area contributed by atoms with Gasteiger partial charge in [-0.2, -0.15) is 5.10 Å². The number of nitro benzene ring substituents is 1. The summed E-state index contributed by atoms with van der Waals surface area (Å²) in [5, 5.41) is 24.8. The molecule has 0 heterocycles. The minimum atomic E-state index is -0.483. The number of nitrogens with zero attached hydrogens (tertiary/aromatic N) is 2. The number of nitrogens with one attached hydrogen (secondary N) is 1. The third kappa shape index (κ3) is 3.94. The van der Waals surface area contributed by atoms with E-state index in [0.717, 1.165) is 0 Å². The van der Waals surface area contributed by atoms with Gasteiger partial charge in [-0.3, -0.25) is 20.3 Å². The molecule has 2 rings (SSSR count). The van der Waals surface area contributed by atoms with Gasteiger partial charge in [0.05, 0.1) is 21.9 Å². The topological polar surface area (TPSA) is 105 Å². The van der Waals surface area contributed by atoms with Crippen molar-refractivity contribution >= 4 is 22.9 Å². The summed E-state index contributed by atoms with van der Waals surface area (Å²) in [5.74, 6) is -0.0801. The van der Waals surface area contributed by atoms with Crippen molar-refractivity contribution in [1.82, 2.24) is 0 Å². The zero-order chi connectivity index (χ0) is 17.2. The number of hydrogen-bond acceptors (Lipinski definition) is 6. The molecule has 0 aromatic heterocycles. The third-order valence-electron chi connectivity index (χ3n) is 3.65. The van der Waals surface area contributed by atoms with E-state index < -0.39 is 4.92 Å². The molecule has 0 spiro atoms. The molecule has 1 aromatic carbocycles. The number of aliphatic hydroxyl groups is 1. The second-order valence-electron chi connectivity index (χ2n) is 6.38. The van der Waals surface area contributed by atoms with Gasteiger partial charge in [-0.05, 0) is 24.5 Å². The Balaban J connectivity index is 2.16. The lowest BCUT2D eigenvalue weighted by Crippen LogP contribution is -2.28. The Kier molecular flexibility index (Phi) is 4.49. The lowest BCUT2D eigenvalue weighted by molar-refractivity contribution is -0.384. The Hall–Kier alpha value is -2.70. The van der Waals surface area contributed by atoms with Crippen LogP contribution < -0.4 is 5.43 Å². The fourth-order valence-electron chi connectivity index (χ4n) is 2.56. The van der Waals surface area contributed by atoms with Gasteiger partial charge in [-0.1, -0.05) is 13.8 Å². The summed E-state index contributed by atoms with van der Waals surface area (Å²) in [6.45, 7) is 5.50. The van der Waals surface area contributed by atoms with Crippen molar-refractivity contribution in [1.29, 1.82) is 0 Å². The predicted octanol–water partition coefficient (Wildman–Crippen LogP) is 3.58. The van der Waals surface area contributed by atoms with E-state index >= 15 is 0 Å². The molecule has 2 N–H and O–H groups in total. The number of aliphatic hydroxyl groups excluding tert-OH is 1. The van der Waals surface area contributed by atoms with Gasteiger partial charge in [0.1, 0.15) is 5.76 Å². The molecule has 0 saturated heterocycles. The molecule has 0 saturated carbocycles. The van der Waals surface area contributed by atoms with E-state index in [1.807, 2.05) is 13.8 Å². The standard InChI is InChI=1S/C16H19N3O4/c1-10(15-13(20)8-16(2,3)9-14(15)21)17-18-11-4-6-12(7-5-11)19(22)23/h4-7,18,20H,8-9H2,1-3H3/b17-10+. The number of nitro groups is 1. The number of allylic oxidation sites excluding steroid dienone is 2. The zero-order valence-electron chi connectivity index (χ0n) is 13.3. The van der Waals surface area contributed by atoms with E-state index in [1.54, 1.807) is 6.92 Å². The molecule has 122 valence electrons. The number of hydrazone groups is 1. The SMILES string of the molecule is C/C(=N\Nc1ccc([N+](=O)[O-])cc1)C1=C(O)CC(C)(C)CC1=O. The molecule has 0 unspecified atom stereocenters. The largest absolute Gasteiger partial charge is 0.511 e. The third-order valence-corrected chi connectivity index (χ3v) is 3.65. The van der Waals surface area contributed by atoms with E-state index in [-0.39, 0.29) is 28.2 Å². The molecule has 0 amide bonds. The number of hydrogen-bond donors (Lipinski definition) is 2. The van der Waals surface area contributed by atoms with Crippen molar-refractivity contribution in [2.24, 2.45) is 10.5 Å². The number of anilines is 1. The van der Waals surface area contributed by atoms with E-state index in [1.165, 1.54) is 24.3 Å². The summed E-state index contributed by atoms with van der Waals surface area (Å²) < 4.78 is 0. The van der Waals surface area contributed by atoms with E-state index in [2.05, 4.69) is 10.5 Å². The second kappa shape index (κ2) is 6.20. The number of rotatable bonds is 4. The van der Waals surface area contributed by atoms with Crippen LogP contribution in [-0.4, -0.2) is 21.5 Å². The van der Waals surface area contributed by atoms with Crippen molar-refractivity contribution in [3.63, 3.8) is 0 Å². The Labute approximate surface area is 133 Å². The fourth-order valence-corrected chi connectivity index (χ4v) is 2.56. The summed E-state index contributed by atoms with van der Waals surface area (Å²) >= 11 is 0. The van der Waals surface area contributed by atoms with Gasteiger partial charge in [0.2, 0.25) is 0 Å². The number of carbonyl (C=O) groups excluding carboxylic acids is 1. The summed E-state index contributed by atoms with van der Waals surface area (Å²) in [6.07, 6.45) is 0.787. The molecule has 7 nitrogen and oxygen atoms in total. The highest BCUT2D eigenvalue weighted by Crippen LogP contribution is 2.36. The van der Waals surface area contributed by atoms with E-state index in [0.29, 0.717) is 24.2 Å². The van der Waals surface area contributed by atoms with Crippen molar-refractivity contribution in [2.45, 2.75) is 33.6 Å². The molecule has 0 radical (unpaired) electrons. The first-order valence-corrected chi connectivity index (χ1v) is 7.20. The van der Waals surface area contributed by atoms with Crippen LogP contribution in [0.2, 0.25) is 0 Å². The summed E-state index contributed by atoms with van der Waals surface area (Å²) in [5.41, 5.74) is 3.66. The molecular weight excluding hydrogens is 298 g/mol. The molecule has 7 heteroatoms. The average molecular weight is 317 g/mol. The van der Waals surface area contributed by atoms with Crippen molar-refractivity contribution < 1.29 is 14.8 Å². The van der Waals surface area contributed by atoms with Crippen LogP contribution in [0.3, 0.4) is 0 Å². The molecule has 1 aromatic rings. The summed E-state index contributed by atoms with van der Waals surface area (Å²) in [7, 11) is 0. The number of ketones is 1. The number of benzene rings is 1. The van der Waals surface area contributed by atoms with Crippen molar-refractivity contribution in [3.05, 3.63) is 45.7 Å². The first-order valence-electron chi connectivity index (χ1n) is 7.20. The maximum atomic E-state index is 12.2. The highest BCUT2D eigenvalue weighted by molar-refractivity contribution is 6.22. The zero-order valence-corrected chi connectivity index (χ0v) is 13.3. The van der Waals surface area contributed by atoms with Gasteiger partial charge in [0.15, 0.2) is 5.78 Å². The average Bonchev–Trinajstić information content (AvgIpc) is 2.43. The van der Waals surface area contributed by atoms with E-state index in [4.69, 9.17) is 0 Å². The van der Waals surface area contributed by atoms with Crippen molar-refractivity contribution in [2.75, 3.05) is 5.43 Å². The number of non-ortho nitro benzene ring substituents is 1. The van der Waals surface area contributed by atoms with Crippen LogP contribution in [0.4, 0.5) is 11.4 Å². The van der Waals surface area contributed by atoms with Gasteiger partial charge < -0.3 is 5.11 Å². The molecule has 0 bridgehead atoms. The second-order valence-corrected chi connectivity index (χ2v) is 6.38. The first-order chi connectivity index (χ1) is 10.7. The van der Waals surface area contributed by atoms with E-state index in [9.17, 15) is 20.0 Å². The minimum absolute atomic E-state index is 0.0127. The highest BCUT2D eigenvalue weighted by Gasteiger charge is 2.34. The molecular formula is C16H19N3O4. The quantitative estimate of drug-likeness (QED) is 0.501. The predicted molar refractivity (Wildman–Crippen MR) is 87.5 cm³/mol. The maximum absolute atomic E-state index is 12.2. The number of carbonyl (C=O) groups is 1. The molecule has 1 aliphatic rings. The first kappa shape index (κ1) is 16.7. The number of Topliss-reactive ketones (excluding diaryl/α,β-unsaturated/α-hetero) is 1. The monoisotopic (exact) mass is 317 g/mol. The Bertz CT molecular complexity index is 703. The molecule has 0 fully saturated rings. The van der Waals surface area contributed by atoms with Gasteiger partial charge in [-0.25, -0.2) is 0 Å². The maximum Gasteiger partial charge on any atom is 0.269 e. The molecule has 0 aliphatic heterocycles. The van der Waals surface area contributed by atoms with Crippen LogP contribution in [0.25, 0.3) is 0 Å². The lowest BCUT2D eigenvalue weighted by atomic mass is 9.76. The lowest BCUT2D eigenvalue weighted by Gasteiger charge is -2.29. The summed E-state index contributed by atoms with van der Waals surface area (Å²) in [6, 6.07) is 5.76.